The lowest BCUT2D eigenvalue weighted by Crippen LogP contribution is -2.03. The van der Waals surface area contributed by atoms with Crippen LogP contribution in [0.4, 0.5) is 5.69 Å². The zero-order valence-electron chi connectivity index (χ0n) is 23.4. The molecule has 2 heterocycles. The van der Waals surface area contributed by atoms with Crippen LogP contribution < -0.4 is 0 Å². The number of fused-ring (bicyclic) bond motifs is 6. The summed E-state index contributed by atoms with van der Waals surface area (Å²) in [5.41, 5.74) is 8.16. The van der Waals surface area contributed by atoms with Crippen molar-refractivity contribution in [1.82, 2.24) is 9.13 Å². The number of nitrogens with zero attached hydrogens (tertiary/aromatic N) is 5. The van der Waals surface area contributed by atoms with E-state index in [1.807, 2.05) is 72.8 Å². The van der Waals surface area contributed by atoms with Gasteiger partial charge in [-0.05, 0) is 42.0 Å². The maximum Gasteiger partial charge on any atom is 0.228 e. The number of aromatic nitrogens is 2. The minimum atomic E-state index is 0.286. The first-order valence-electron chi connectivity index (χ1n) is 14.2. The highest BCUT2D eigenvalue weighted by Crippen LogP contribution is 2.45. The van der Waals surface area contributed by atoms with E-state index in [4.69, 9.17) is 6.57 Å². The quantitative estimate of drug-likeness (QED) is 0.202. The summed E-state index contributed by atoms with van der Waals surface area (Å²) in [5.74, 6) is 0. The van der Waals surface area contributed by atoms with E-state index in [9.17, 15) is 10.5 Å². The summed E-state index contributed by atoms with van der Waals surface area (Å²) < 4.78 is 4.31. The Morgan fingerprint density at radius 3 is 1.48 bits per heavy atom. The van der Waals surface area contributed by atoms with E-state index in [0.29, 0.717) is 16.8 Å². The summed E-state index contributed by atoms with van der Waals surface area (Å²) in [6.45, 7) is 8.29. The second-order valence-corrected chi connectivity index (χ2v) is 10.7. The van der Waals surface area contributed by atoms with Gasteiger partial charge >= 0.3 is 0 Å². The van der Waals surface area contributed by atoms with Gasteiger partial charge in [-0.25, -0.2) is 4.85 Å². The van der Waals surface area contributed by atoms with Crippen LogP contribution in [0.3, 0.4) is 0 Å². The molecule has 0 saturated heterocycles. The lowest BCUT2D eigenvalue weighted by molar-refractivity contribution is 1.16. The van der Waals surface area contributed by atoms with Crippen LogP contribution in [-0.2, 0) is 0 Å². The summed E-state index contributed by atoms with van der Waals surface area (Å²) in [7, 11) is 0. The minimum absolute atomic E-state index is 0.286. The molecule has 0 atom stereocenters. The molecule has 0 bridgehead atoms. The predicted molar refractivity (Wildman–Crippen MR) is 176 cm³/mol. The zero-order chi connectivity index (χ0) is 29.8. The van der Waals surface area contributed by atoms with Crippen molar-refractivity contribution in [2.45, 2.75) is 0 Å². The van der Waals surface area contributed by atoms with Gasteiger partial charge in [0.05, 0.1) is 63.3 Å². The van der Waals surface area contributed by atoms with Crippen molar-refractivity contribution in [2.24, 2.45) is 0 Å². The van der Waals surface area contributed by atoms with Crippen molar-refractivity contribution < 1.29 is 0 Å². The van der Waals surface area contributed by atoms with Gasteiger partial charge < -0.3 is 9.13 Å². The maximum atomic E-state index is 10.1. The van der Waals surface area contributed by atoms with Crippen LogP contribution in [0.2, 0.25) is 0 Å². The molecular weight excluding hydrogens is 538 g/mol. The number of hydrogen-bond donors (Lipinski definition) is 0. The maximum absolute atomic E-state index is 10.1. The van der Waals surface area contributed by atoms with Gasteiger partial charge in [0.2, 0.25) is 5.69 Å². The Hall–Kier alpha value is -6.61. The zero-order valence-corrected chi connectivity index (χ0v) is 23.4. The van der Waals surface area contributed by atoms with Crippen molar-refractivity contribution in [3.8, 4) is 34.6 Å². The van der Waals surface area contributed by atoms with Gasteiger partial charge in [-0.15, -0.1) is 0 Å². The van der Waals surface area contributed by atoms with Crippen molar-refractivity contribution in [2.75, 3.05) is 0 Å². The van der Waals surface area contributed by atoms with Gasteiger partial charge in [0.25, 0.3) is 0 Å². The van der Waals surface area contributed by atoms with Gasteiger partial charge in [0.1, 0.15) is 0 Å². The third kappa shape index (κ3) is 3.50. The fourth-order valence-electron chi connectivity index (χ4n) is 6.59. The Morgan fingerprint density at radius 2 is 1.00 bits per heavy atom. The number of nitriles is 2. The average Bonchev–Trinajstić information content (AvgIpc) is 3.60. The molecule has 2 aromatic heterocycles. The first kappa shape index (κ1) is 25.1. The summed E-state index contributed by atoms with van der Waals surface area (Å²) in [5, 5.41) is 24.5. The van der Waals surface area contributed by atoms with Crippen LogP contribution >= 0.6 is 0 Å². The van der Waals surface area contributed by atoms with E-state index < -0.39 is 0 Å². The van der Waals surface area contributed by atoms with Crippen molar-refractivity contribution >= 4 is 49.3 Å². The van der Waals surface area contributed by atoms with Crippen molar-refractivity contribution in [1.29, 1.82) is 10.5 Å². The molecule has 0 N–H and O–H groups in total. The van der Waals surface area contributed by atoms with Crippen molar-refractivity contribution in [3.05, 3.63) is 150 Å². The Morgan fingerprint density at radius 1 is 0.523 bits per heavy atom. The highest BCUT2D eigenvalue weighted by molar-refractivity contribution is 6.12. The standard InChI is InChI=1S/C39H21N5/c1-42-38-26(24-41)19-21-32(39(38)44-35-16-8-4-12-29(35)30-13-5-9-17-36(30)44)31-20-18-25(23-40)22-37(31)43-33-14-6-2-10-27(33)28-11-3-7-15-34(28)43/h2-22H. The molecular formula is C39H21N5. The highest BCUT2D eigenvalue weighted by Gasteiger charge is 2.24. The lowest BCUT2D eigenvalue weighted by Gasteiger charge is -2.20. The van der Waals surface area contributed by atoms with E-state index in [-0.39, 0.29) is 5.69 Å². The van der Waals surface area contributed by atoms with Crippen LogP contribution in [-0.4, -0.2) is 9.13 Å². The van der Waals surface area contributed by atoms with Gasteiger partial charge in [-0.2, -0.15) is 10.5 Å². The average molecular weight is 560 g/mol. The minimum Gasteiger partial charge on any atom is -0.318 e. The Balaban J connectivity index is 1.56. The van der Waals surface area contributed by atoms with Gasteiger partial charge in [0.15, 0.2) is 0 Å². The molecule has 0 fully saturated rings. The van der Waals surface area contributed by atoms with E-state index in [0.717, 1.165) is 60.4 Å². The molecule has 0 saturated carbocycles. The van der Waals surface area contributed by atoms with E-state index in [1.54, 1.807) is 6.07 Å². The molecule has 6 aromatic carbocycles. The fraction of sp³-hybridized carbons (Fsp3) is 0. The molecule has 202 valence electrons. The normalized spacial score (nSPS) is 11.1. The Kier molecular flexibility index (Phi) is 5.56. The summed E-state index contributed by atoms with van der Waals surface area (Å²) in [4.78, 5) is 3.97. The molecule has 0 aliphatic rings. The number of rotatable bonds is 3. The molecule has 44 heavy (non-hydrogen) atoms. The summed E-state index contributed by atoms with van der Waals surface area (Å²) in [6, 6.07) is 46.8. The molecule has 8 rings (SSSR count). The molecule has 0 unspecified atom stereocenters. The summed E-state index contributed by atoms with van der Waals surface area (Å²) in [6.07, 6.45) is 0. The lowest BCUT2D eigenvalue weighted by atomic mass is 9.96. The van der Waals surface area contributed by atoms with Crippen LogP contribution in [0.1, 0.15) is 11.1 Å². The molecule has 0 radical (unpaired) electrons. The van der Waals surface area contributed by atoms with Gasteiger partial charge in [-0.3, -0.25) is 0 Å². The molecule has 5 heteroatoms. The number of para-hydroxylation sites is 4. The molecule has 0 aliphatic heterocycles. The monoisotopic (exact) mass is 559 g/mol. The van der Waals surface area contributed by atoms with Crippen LogP contribution in [0.25, 0.3) is 71.0 Å². The first-order chi connectivity index (χ1) is 21.7. The van der Waals surface area contributed by atoms with E-state index >= 15 is 0 Å². The first-order valence-corrected chi connectivity index (χ1v) is 14.2. The van der Waals surface area contributed by atoms with Gasteiger partial charge in [-0.1, -0.05) is 91.0 Å². The molecule has 0 aliphatic carbocycles. The van der Waals surface area contributed by atoms with Crippen LogP contribution in [0.5, 0.6) is 0 Å². The van der Waals surface area contributed by atoms with Crippen LogP contribution in [0, 0.1) is 29.2 Å². The van der Waals surface area contributed by atoms with Crippen molar-refractivity contribution in [3.63, 3.8) is 0 Å². The second kappa shape index (κ2) is 9.74. The highest BCUT2D eigenvalue weighted by atomic mass is 15.0. The number of benzene rings is 6. The molecule has 0 amide bonds. The predicted octanol–water partition coefficient (Wildman–Crippen LogP) is 9.84. The SMILES string of the molecule is [C-]#[N+]c1c(C#N)ccc(-c2ccc(C#N)cc2-n2c3ccccc3c3ccccc32)c1-n1c2ccccc2c2ccccc21. The van der Waals surface area contributed by atoms with E-state index in [2.05, 4.69) is 74.6 Å². The molecule has 8 aromatic rings. The number of hydrogen-bond acceptors (Lipinski definition) is 2. The van der Waals surface area contributed by atoms with Gasteiger partial charge in [0, 0.05) is 27.1 Å². The van der Waals surface area contributed by atoms with E-state index in [1.165, 1.54) is 0 Å². The Labute approximate surface area is 253 Å². The molecule has 0 spiro atoms. The van der Waals surface area contributed by atoms with Crippen LogP contribution in [0.15, 0.2) is 127 Å². The second-order valence-electron chi connectivity index (χ2n) is 10.7. The Bertz CT molecular complexity index is 2490. The summed E-state index contributed by atoms with van der Waals surface area (Å²) >= 11 is 0. The fourth-order valence-corrected chi connectivity index (χ4v) is 6.59. The topological polar surface area (TPSA) is 61.8 Å². The third-order valence-corrected chi connectivity index (χ3v) is 8.43. The third-order valence-electron chi connectivity index (χ3n) is 8.43. The molecule has 5 nitrogen and oxygen atoms in total. The largest absolute Gasteiger partial charge is 0.318 e. The smallest absolute Gasteiger partial charge is 0.228 e.